The molecule has 2 bridgehead atoms. The summed E-state index contributed by atoms with van der Waals surface area (Å²) in [5.41, 5.74) is 1.99. The zero-order valence-electron chi connectivity index (χ0n) is 25.4. The number of ether oxygens (including phenoxy) is 2. The highest BCUT2D eigenvalue weighted by molar-refractivity contribution is 9.09. The molecule has 0 aromatic heterocycles. The molecule has 3 fully saturated rings. The third kappa shape index (κ3) is 5.26. The standard InChI is InChI=1S/C34H40BrN3O6/c1-6-15-36(23-11-13-24(14-12-23)43-8-3)31(40)27-28-32(41)38(17-18-39)30(34(28)20-25(35)29(27)44-34)33(42)37(16-7-2)26-19-21(4)9-10-22(26)5/h6-7,9-14,19,25,27-30,39H,1-2,8,15-18,20H2,3-5H3/t25?,27-,28+,29-,30?,34?/m1/s1. The van der Waals surface area contributed by atoms with E-state index < -0.39 is 29.6 Å². The molecule has 1 N–H and O–H groups in total. The number of benzene rings is 2. The zero-order valence-corrected chi connectivity index (χ0v) is 27.0. The number of aliphatic hydroxyl groups excluding tert-OH is 1. The maximum Gasteiger partial charge on any atom is 0.253 e. The molecular formula is C34H40BrN3O6. The molecule has 5 rings (SSSR count). The number of carbonyl (C=O) groups excluding carboxylic acids is 3. The molecule has 3 aliphatic rings. The van der Waals surface area contributed by atoms with Crippen LogP contribution in [-0.2, 0) is 19.1 Å². The highest BCUT2D eigenvalue weighted by atomic mass is 79.9. The summed E-state index contributed by atoms with van der Waals surface area (Å²) in [7, 11) is 0. The van der Waals surface area contributed by atoms with Gasteiger partial charge in [0.2, 0.25) is 11.8 Å². The Labute approximate surface area is 267 Å². The number of aryl methyl sites for hydroxylation is 2. The molecule has 234 valence electrons. The Morgan fingerprint density at radius 1 is 1.11 bits per heavy atom. The summed E-state index contributed by atoms with van der Waals surface area (Å²) in [5, 5.41) is 10.0. The third-order valence-electron chi connectivity index (χ3n) is 8.92. The zero-order chi connectivity index (χ0) is 31.8. The second-order valence-corrected chi connectivity index (χ2v) is 12.8. The number of hydrogen-bond acceptors (Lipinski definition) is 6. The van der Waals surface area contributed by atoms with Crippen LogP contribution in [-0.4, -0.2) is 83.2 Å². The lowest BCUT2D eigenvalue weighted by molar-refractivity contribution is -0.141. The number of likely N-dealkylation sites (tertiary alicyclic amines) is 1. The number of amides is 3. The molecule has 3 unspecified atom stereocenters. The number of β-amino-alcohol motifs (C(OH)–C–C–N with tert-alkyl or cyclic N) is 1. The number of halogens is 1. The van der Waals surface area contributed by atoms with Crippen molar-refractivity contribution in [3.05, 3.63) is 78.9 Å². The van der Waals surface area contributed by atoms with E-state index >= 15 is 0 Å². The highest BCUT2D eigenvalue weighted by Gasteiger charge is 2.77. The van der Waals surface area contributed by atoms with Crippen molar-refractivity contribution in [2.24, 2.45) is 11.8 Å². The summed E-state index contributed by atoms with van der Waals surface area (Å²) in [4.78, 5) is 47.8. The van der Waals surface area contributed by atoms with Gasteiger partial charge in [-0.05, 0) is 68.7 Å². The average molecular weight is 667 g/mol. The first-order valence-corrected chi connectivity index (χ1v) is 15.9. The molecule has 3 aliphatic heterocycles. The van der Waals surface area contributed by atoms with E-state index in [0.717, 1.165) is 16.8 Å². The molecular weight excluding hydrogens is 626 g/mol. The minimum atomic E-state index is -1.25. The van der Waals surface area contributed by atoms with Gasteiger partial charge in [0.05, 0.1) is 31.2 Å². The van der Waals surface area contributed by atoms with Crippen molar-refractivity contribution in [2.75, 3.05) is 42.6 Å². The number of rotatable bonds is 12. The van der Waals surface area contributed by atoms with Gasteiger partial charge in [-0.15, -0.1) is 13.2 Å². The third-order valence-corrected chi connectivity index (χ3v) is 9.76. The van der Waals surface area contributed by atoms with Gasteiger partial charge in [-0.25, -0.2) is 0 Å². The van der Waals surface area contributed by atoms with Crippen LogP contribution >= 0.6 is 15.9 Å². The minimum absolute atomic E-state index is 0.0562. The maximum atomic E-state index is 14.7. The van der Waals surface area contributed by atoms with Crippen LogP contribution in [0.4, 0.5) is 11.4 Å². The van der Waals surface area contributed by atoms with Gasteiger partial charge in [0.15, 0.2) is 0 Å². The average Bonchev–Trinajstić information content (AvgIpc) is 3.59. The van der Waals surface area contributed by atoms with E-state index in [1.807, 2.05) is 39.0 Å². The quantitative estimate of drug-likeness (QED) is 0.270. The Morgan fingerprint density at radius 3 is 2.43 bits per heavy atom. The molecule has 3 heterocycles. The fourth-order valence-corrected chi connectivity index (χ4v) is 8.10. The van der Waals surface area contributed by atoms with Crippen molar-refractivity contribution in [3.63, 3.8) is 0 Å². The van der Waals surface area contributed by atoms with E-state index in [4.69, 9.17) is 9.47 Å². The Morgan fingerprint density at radius 2 is 1.80 bits per heavy atom. The minimum Gasteiger partial charge on any atom is -0.494 e. The molecule has 0 aliphatic carbocycles. The molecule has 3 saturated heterocycles. The SMILES string of the molecule is C=CCN(C(=O)[C@H]1[C@@H]2OC3(CC2Br)C(C(=O)N(CC=C)c2cc(C)ccc2C)N(CCO)C(=O)[C@H]13)c1ccc(OCC)cc1. The van der Waals surface area contributed by atoms with Crippen LogP contribution in [0.5, 0.6) is 5.75 Å². The first-order chi connectivity index (χ1) is 21.1. The summed E-state index contributed by atoms with van der Waals surface area (Å²) in [6, 6.07) is 12.1. The summed E-state index contributed by atoms with van der Waals surface area (Å²) in [6.07, 6.45) is 3.04. The monoisotopic (exact) mass is 665 g/mol. The predicted molar refractivity (Wildman–Crippen MR) is 173 cm³/mol. The summed E-state index contributed by atoms with van der Waals surface area (Å²) >= 11 is 3.74. The normalized spacial score (nSPS) is 26.8. The molecule has 1 spiro atoms. The molecule has 9 nitrogen and oxygen atoms in total. The van der Waals surface area contributed by atoms with Crippen LogP contribution in [0.2, 0.25) is 0 Å². The van der Waals surface area contributed by atoms with Gasteiger partial charge in [-0.2, -0.15) is 0 Å². The lowest BCUT2D eigenvalue weighted by Gasteiger charge is -2.37. The maximum absolute atomic E-state index is 14.7. The number of carbonyl (C=O) groups is 3. The molecule has 2 aromatic carbocycles. The van der Waals surface area contributed by atoms with E-state index in [1.165, 1.54) is 4.90 Å². The first kappa shape index (κ1) is 31.9. The van der Waals surface area contributed by atoms with Crippen molar-refractivity contribution in [1.82, 2.24) is 4.90 Å². The summed E-state index contributed by atoms with van der Waals surface area (Å²) in [5.74, 6) is -2.02. The lowest BCUT2D eigenvalue weighted by atomic mass is 9.70. The smallest absolute Gasteiger partial charge is 0.253 e. The molecule has 0 radical (unpaired) electrons. The van der Waals surface area contributed by atoms with Crippen LogP contribution in [0.25, 0.3) is 0 Å². The molecule has 3 amide bonds. The molecule has 2 aromatic rings. The summed E-state index contributed by atoms with van der Waals surface area (Å²) in [6.45, 7) is 14.1. The number of alkyl halides is 1. The van der Waals surface area contributed by atoms with E-state index in [0.29, 0.717) is 24.5 Å². The van der Waals surface area contributed by atoms with Gasteiger partial charge in [0, 0.05) is 35.8 Å². The first-order valence-electron chi connectivity index (χ1n) is 15.0. The Hall–Kier alpha value is -3.47. The van der Waals surface area contributed by atoms with Gasteiger partial charge in [0.1, 0.15) is 17.4 Å². The highest BCUT2D eigenvalue weighted by Crippen LogP contribution is 2.60. The van der Waals surface area contributed by atoms with Crippen molar-refractivity contribution in [1.29, 1.82) is 0 Å². The van der Waals surface area contributed by atoms with Crippen molar-refractivity contribution in [3.8, 4) is 5.75 Å². The van der Waals surface area contributed by atoms with Crippen LogP contribution in [0, 0.1) is 25.7 Å². The second kappa shape index (κ2) is 12.9. The van der Waals surface area contributed by atoms with Gasteiger partial charge in [0.25, 0.3) is 5.91 Å². The molecule has 0 saturated carbocycles. The van der Waals surface area contributed by atoms with E-state index in [9.17, 15) is 19.5 Å². The topological polar surface area (TPSA) is 99.6 Å². The second-order valence-electron chi connectivity index (χ2n) is 11.6. The van der Waals surface area contributed by atoms with Crippen molar-refractivity contribution >= 4 is 45.0 Å². The molecule has 10 heteroatoms. The predicted octanol–water partition coefficient (Wildman–Crippen LogP) is 4.18. The number of aliphatic hydroxyl groups is 1. The Balaban J connectivity index is 1.56. The Kier molecular flexibility index (Phi) is 9.34. The summed E-state index contributed by atoms with van der Waals surface area (Å²) < 4.78 is 12.3. The van der Waals surface area contributed by atoms with E-state index in [1.54, 1.807) is 46.2 Å². The number of fused-ring (bicyclic) bond motifs is 1. The fourth-order valence-electron chi connectivity index (χ4n) is 7.15. The number of nitrogens with zero attached hydrogens (tertiary/aromatic N) is 3. The van der Waals surface area contributed by atoms with Crippen molar-refractivity contribution < 1.29 is 29.0 Å². The van der Waals surface area contributed by atoms with Crippen LogP contribution in [0.3, 0.4) is 0 Å². The Bertz CT molecular complexity index is 1450. The van der Waals surface area contributed by atoms with Crippen LogP contribution < -0.4 is 14.5 Å². The van der Waals surface area contributed by atoms with Crippen LogP contribution in [0.1, 0.15) is 24.5 Å². The molecule has 44 heavy (non-hydrogen) atoms. The lowest BCUT2D eigenvalue weighted by Crippen LogP contribution is -2.57. The number of hydrogen-bond donors (Lipinski definition) is 1. The van der Waals surface area contributed by atoms with Crippen LogP contribution in [0.15, 0.2) is 67.8 Å². The fraction of sp³-hybridized carbons (Fsp3) is 0.441. The van der Waals surface area contributed by atoms with Gasteiger partial charge >= 0.3 is 0 Å². The number of anilines is 2. The van der Waals surface area contributed by atoms with E-state index in [2.05, 4.69) is 29.1 Å². The van der Waals surface area contributed by atoms with Crippen molar-refractivity contribution in [2.45, 2.75) is 49.8 Å². The van der Waals surface area contributed by atoms with Gasteiger partial charge < -0.3 is 29.3 Å². The van der Waals surface area contributed by atoms with E-state index in [-0.39, 0.29) is 48.8 Å². The van der Waals surface area contributed by atoms with Gasteiger partial charge in [-0.1, -0.05) is 40.2 Å². The molecule has 6 atom stereocenters. The van der Waals surface area contributed by atoms with Gasteiger partial charge in [-0.3, -0.25) is 14.4 Å². The largest absolute Gasteiger partial charge is 0.494 e.